The van der Waals surface area contributed by atoms with E-state index in [1.807, 2.05) is 0 Å². The fourth-order valence-corrected chi connectivity index (χ4v) is 2.53. The van der Waals surface area contributed by atoms with Gasteiger partial charge >= 0.3 is 0 Å². The maximum absolute atomic E-state index is 13.2. The first kappa shape index (κ1) is 14.8. The first-order valence-electron chi connectivity index (χ1n) is 7.04. The van der Waals surface area contributed by atoms with Gasteiger partial charge < -0.3 is 10.6 Å². The third-order valence-electron chi connectivity index (χ3n) is 3.53. The van der Waals surface area contributed by atoms with Crippen molar-refractivity contribution in [1.82, 2.24) is 9.80 Å². The fourth-order valence-electron chi connectivity index (χ4n) is 2.53. The molecular formula is C15H22FN3O. The topological polar surface area (TPSA) is 49.6 Å². The lowest BCUT2D eigenvalue weighted by Gasteiger charge is -2.35. The van der Waals surface area contributed by atoms with Gasteiger partial charge in [-0.25, -0.2) is 4.39 Å². The Hall–Kier alpha value is -1.62. The van der Waals surface area contributed by atoms with Gasteiger partial charge in [-0.3, -0.25) is 9.69 Å². The number of hydrogen-bond donors (Lipinski definition) is 1. The van der Waals surface area contributed by atoms with Crippen LogP contribution in [0.2, 0.25) is 0 Å². The summed E-state index contributed by atoms with van der Waals surface area (Å²) in [4.78, 5) is 16.5. The molecule has 1 fully saturated rings. The first-order valence-corrected chi connectivity index (χ1v) is 7.04. The van der Waals surface area contributed by atoms with Gasteiger partial charge in [0.1, 0.15) is 5.82 Å². The molecule has 1 aliphatic rings. The van der Waals surface area contributed by atoms with E-state index >= 15 is 0 Å². The van der Waals surface area contributed by atoms with Gasteiger partial charge in [-0.2, -0.15) is 0 Å². The largest absolute Gasteiger partial charge is 0.398 e. The second-order valence-corrected chi connectivity index (χ2v) is 5.72. The maximum Gasteiger partial charge on any atom is 0.256 e. The minimum atomic E-state index is -0.430. The minimum absolute atomic E-state index is 0.175. The molecule has 0 aliphatic carbocycles. The van der Waals surface area contributed by atoms with Crippen LogP contribution in [0.5, 0.6) is 0 Å². The number of carbonyl (C=O) groups excluding carboxylic acids is 1. The molecule has 1 heterocycles. The zero-order chi connectivity index (χ0) is 14.7. The molecule has 0 spiro atoms. The Balaban J connectivity index is 2.00. The van der Waals surface area contributed by atoms with Crippen LogP contribution in [-0.4, -0.2) is 48.4 Å². The molecule has 0 saturated carbocycles. The molecule has 1 aromatic rings. The zero-order valence-corrected chi connectivity index (χ0v) is 12.1. The predicted octanol–water partition coefficient (Wildman–Crippen LogP) is 1.82. The van der Waals surface area contributed by atoms with Crippen LogP contribution < -0.4 is 5.73 Å². The van der Waals surface area contributed by atoms with E-state index in [2.05, 4.69) is 18.7 Å². The van der Waals surface area contributed by atoms with Crippen molar-refractivity contribution in [3.8, 4) is 0 Å². The molecule has 0 bridgehead atoms. The standard InChI is InChI=1S/C15H22FN3O/c1-11(2)10-18-5-7-19(8-6-18)15(20)13-9-12(16)3-4-14(13)17/h3-4,9,11H,5-8,10,17H2,1-2H3. The summed E-state index contributed by atoms with van der Waals surface area (Å²) in [6.07, 6.45) is 0. The number of hydrogen-bond acceptors (Lipinski definition) is 3. The molecular weight excluding hydrogens is 257 g/mol. The normalized spacial score (nSPS) is 16.7. The van der Waals surface area contributed by atoms with Crippen molar-refractivity contribution >= 4 is 11.6 Å². The molecule has 5 heteroatoms. The SMILES string of the molecule is CC(C)CN1CCN(C(=O)c2cc(F)ccc2N)CC1. The highest BCUT2D eigenvalue weighted by Crippen LogP contribution is 2.17. The lowest BCUT2D eigenvalue weighted by atomic mass is 10.1. The van der Waals surface area contributed by atoms with Gasteiger partial charge in [0, 0.05) is 38.4 Å². The number of nitrogens with two attached hydrogens (primary N) is 1. The van der Waals surface area contributed by atoms with Crippen LogP contribution in [0.4, 0.5) is 10.1 Å². The molecule has 0 atom stereocenters. The summed E-state index contributed by atoms with van der Waals surface area (Å²) in [5.41, 5.74) is 6.37. The van der Waals surface area contributed by atoms with E-state index in [1.54, 1.807) is 4.90 Å². The molecule has 0 aromatic heterocycles. The second kappa shape index (κ2) is 6.22. The highest BCUT2D eigenvalue weighted by atomic mass is 19.1. The average Bonchev–Trinajstić information content (AvgIpc) is 2.41. The first-order chi connectivity index (χ1) is 9.47. The van der Waals surface area contributed by atoms with E-state index in [-0.39, 0.29) is 11.5 Å². The van der Waals surface area contributed by atoms with Crippen LogP contribution in [0.1, 0.15) is 24.2 Å². The van der Waals surface area contributed by atoms with Gasteiger partial charge in [0.05, 0.1) is 5.56 Å². The lowest BCUT2D eigenvalue weighted by Crippen LogP contribution is -2.49. The van der Waals surface area contributed by atoms with E-state index in [9.17, 15) is 9.18 Å². The van der Waals surface area contributed by atoms with Crippen molar-refractivity contribution in [1.29, 1.82) is 0 Å². The quantitative estimate of drug-likeness (QED) is 0.859. The summed E-state index contributed by atoms with van der Waals surface area (Å²) in [6, 6.07) is 3.93. The number of nitrogen functional groups attached to an aromatic ring is 1. The molecule has 1 saturated heterocycles. The smallest absolute Gasteiger partial charge is 0.256 e. The summed E-state index contributed by atoms with van der Waals surface area (Å²) in [5, 5.41) is 0. The highest BCUT2D eigenvalue weighted by Gasteiger charge is 2.23. The summed E-state index contributed by atoms with van der Waals surface area (Å²) >= 11 is 0. The molecule has 20 heavy (non-hydrogen) atoms. The second-order valence-electron chi connectivity index (χ2n) is 5.72. The molecule has 1 aromatic carbocycles. The summed E-state index contributed by atoms with van der Waals surface area (Å²) < 4.78 is 13.2. The van der Waals surface area contributed by atoms with Crippen molar-refractivity contribution in [2.24, 2.45) is 5.92 Å². The number of anilines is 1. The molecule has 110 valence electrons. The Morgan fingerprint density at radius 2 is 1.95 bits per heavy atom. The Morgan fingerprint density at radius 1 is 1.30 bits per heavy atom. The van der Waals surface area contributed by atoms with Gasteiger partial charge in [0.15, 0.2) is 0 Å². The van der Waals surface area contributed by atoms with Crippen molar-refractivity contribution in [3.63, 3.8) is 0 Å². The van der Waals surface area contributed by atoms with E-state index in [4.69, 9.17) is 5.73 Å². The average molecular weight is 279 g/mol. The van der Waals surface area contributed by atoms with Gasteiger partial charge in [-0.1, -0.05) is 13.8 Å². The Labute approximate surface area is 119 Å². The predicted molar refractivity (Wildman–Crippen MR) is 78.0 cm³/mol. The van der Waals surface area contributed by atoms with Crippen molar-refractivity contribution in [2.45, 2.75) is 13.8 Å². The van der Waals surface area contributed by atoms with Crippen LogP contribution in [0.15, 0.2) is 18.2 Å². The summed E-state index contributed by atoms with van der Waals surface area (Å²) in [5.74, 6) is 0.0169. The van der Waals surface area contributed by atoms with Gasteiger partial charge in [-0.15, -0.1) is 0 Å². The van der Waals surface area contributed by atoms with E-state index in [0.717, 1.165) is 19.6 Å². The Kier molecular flexibility index (Phi) is 4.60. The number of rotatable bonds is 3. The third-order valence-corrected chi connectivity index (χ3v) is 3.53. The van der Waals surface area contributed by atoms with E-state index in [1.165, 1.54) is 18.2 Å². The number of nitrogens with zero attached hydrogens (tertiary/aromatic N) is 2. The van der Waals surface area contributed by atoms with Crippen LogP contribution in [-0.2, 0) is 0 Å². The minimum Gasteiger partial charge on any atom is -0.398 e. The maximum atomic E-state index is 13.2. The summed E-state index contributed by atoms with van der Waals surface area (Å²) in [7, 11) is 0. The van der Waals surface area contributed by atoms with Gasteiger partial charge in [0.2, 0.25) is 0 Å². The number of piperazine rings is 1. The van der Waals surface area contributed by atoms with Crippen molar-refractivity contribution < 1.29 is 9.18 Å². The monoisotopic (exact) mass is 279 g/mol. The van der Waals surface area contributed by atoms with Gasteiger partial charge in [-0.05, 0) is 24.1 Å². The molecule has 1 amide bonds. The van der Waals surface area contributed by atoms with Crippen LogP contribution in [0.25, 0.3) is 0 Å². The van der Waals surface area contributed by atoms with Gasteiger partial charge in [0.25, 0.3) is 5.91 Å². The number of benzene rings is 1. The Bertz CT molecular complexity index is 482. The fraction of sp³-hybridized carbons (Fsp3) is 0.533. The van der Waals surface area contributed by atoms with E-state index in [0.29, 0.717) is 24.7 Å². The third kappa shape index (κ3) is 3.48. The highest BCUT2D eigenvalue weighted by molar-refractivity contribution is 5.99. The number of halogens is 1. The Morgan fingerprint density at radius 3 is 2.55 bits per heavy atom. The van der Waals surface area contributed by atoms with Crippen LogP contribution in [0, 0.1) is 11.7 Å². The molecule has 1 aliphatic heterocycles. The molecule has 0 radical (unpaired) electrons. The van der Waals surface area contributed by atoms with Crippen molar-refractivity contribution in [2.75, 3.05) is 38.5 Å². The zero-order valence-electron chi connectivity index (χ0n) is 12.1. The summed E-state index contributed by atoms with van der Waals surface area (Å²) in [6.45, 7) is 8.47. The van der Waals surface area contributed by atoms with Crippen molar-refractivity contribution in [3.05, 3.63) is 29.6 Å². The molecule has 2 N–H and O–H groups in total. The lowest BCUT2D eigenvalue weighted by molar-refractivity contribution is 0.0624. The van der Waals surface area contributed by atoms with E-state index < -0.39 is 5.82 Å². The number of carbonyl (C=O) groups is 1. The van der Waals surface area contributed by atoms with Crippen LogP contribution in [0.3, 0.4) is 0 Å². The molecule has 0 unspecified atom stereocenters. The number of amides is 1. The van der Waals surface area contributed by atoms with Crippen LogP contribution >= 0.6 is 0 Å². The molecule has 4 nitrogen and oxygen atoms in total. The molecule has 2 rings (SSSR count).